The summed E-state index contributed by atoms with van der Waals surface area (Å²) in [6, 6.07) is 2.76. The van der Waals surface area contributed by atoms with Gasteiger partial charge in [0.2, 0.25) is 0 Å². The molecule has 0 unspecified atom stereocenters. The summed E-state index contributed by atoms with van der Waals surface area (Å²) in [7, 11) is 3.31. The predicted molar refractivity (Wildman–Crippen MR) is 78.4 cm³/mol. The van der Waals surface area contributed by atoms with E-state index in [4.69, 9.17) is 11.6 Å². The van der Waals surface area contributed by atoms with Gasteiger partial charge in [0.15, 0.2) is 0 Å². The Balaban J connectivity index is 2.59. The second kappa shape index (κ2) is 6.95. The first-order valence-corrected chi connectivity index (χ1v) is 6.34. The van der Waals surface area contributed by atoms with Crippen LogP contribution >= 0.6 is 11.6 Å². The lowest BCUT2D eigenvalue weighted by atomic mass is 10.2. The summed E-state index contributed by atoms with van der Waals surface area (Å²) in [6.45, 7) is 2.68. The number of anilines is 1. The highest BCUT2D eigenvalue weighted by Gasteiger charge is 2.14. The second-order valence-corrected chi connectivity index (χ2v) is 4.84. The van der Waals surface area contributed by atoms with Crippen molar-refractivity contribution in [2.45, 2.75) is 6.92 Å². The van der Waals surface area contributed by atoms with Gasteiger partial charge in [0.1, 0.15) is 5.02 Å². The van der Waals surface area contributed by atoms with E-state index in [1.807, 2.05) is 0 Å². The number of nitrogens with zero attached hydrogens (tertiary/aromatic N) is 2. The SMILES string of the molecule is Cc1cc([N+](=O)[O-])c(Cl)cc1NCCNC(=O)N(C)C. The lowest BCUT2D eigenvalue weighted by Gasteiger charge is -2.13. The molecule has 0 aromatic heterocycles. The Morgan fingerprint density at radius 3 is 2.60 bits per heavy atom. The van der Waals surface area contributed by atoms with E-state index in [1.165, 1.54) is 17.0 Å². The molecule has 1 aromatic rings. The topological polar surface area (TPSA) is 87.5 Å². The molecule has 0 spiro atoms. The van der Waals surface area contributed by atoms with Crippen molar-refractivity contribution in [2.24, 2.45) is 0 Å². The van der Waals surface area contributed by atoms with Gasteiger partial charge in [0, 0.05) is 38.9 Å². The van der Waals surface area contributed by atoms with Gasteiger partial charge in [-0.3, -0.25) is 10.1 Å². The van der Waals surface area contributed by atoms with Crippen LogP contribution in [0.5, 0.6) is 0 Å². The fraction of sp³-hybridized carbons (Fsp3) is 0.417. The first kappa shape index (κ1) is 16.0. The molecule has 20 heavy (non-hydrogen) atoms. The number of benzene rings is 1. The van der Waals surface area contributed by atoms with E-state index >= 15 is 0 Å². The quantitative estimate of drug-likeness (QED) is 0.496. The van der Waals surface area contributed by atoms with Crippen molar-refractivity contribution in [3.8, 4) is 0 Å². The first-order valence-electron chi connectivity index (χ1n) is 5.96. The van der Waals surface area contributed by atoms with E-state index in [0.717, 1.165) is 5.56 Å². The van der Waals surface area contributed by atoms with Gasteiger partial charge in [-0.25, -0.2) is 4.79 Å². The third-order valence-corrected chi connectivity index (χ3v) is 2.92. The van der Waals surface area contributed by atoms with Crippen LogP contribution in [0.1, 0.15) is 5.56 Å². The maximum Gasteiger partial charge on any atom is 0.316 e. The Morgan fingerprint density at radius 2 is 2.05 bits per heavy atom. The van der Waals surface area contributed by atoms with Crippen molar-refractivity contribution >= 4 is 29.0 Å². The Kier molecular flexibility index (Phi) is 5.57. The normalized spacial score (nSPS) is 10.0. The molecule has 0 radical (unpaired) electrons. The van der Waals surface area contributed by atoms with Crippen LogP contribution in [-0.2, 0) is 0 Å². The van der Waals surface area contributed by atoms with Crippen molar-refractivity contribution in [3.63, 3.8) is 0 Å². The molecule has 1 aromatic carbocycles. The number of hydrogen-bond acceptors (Lipinski definition) is 4. The summed E-state index contributed by atoms with van der Waals surface area (Å²) in [5, 5.41) is 16.6. The molecule has 7 nitrogen and oxygen atoms in total. The minimum atomic E-state index is -0.517. The predicted octanol–water partition coefficient (Wildman–Crippen LogP) is 2.24. The number of carbonyl (C=O) groups is 1. The maximum atomic E-state index is 11.3. The van der Waals surface area contributed by atoms with Crippen LogP contribution in [0.3, 0.4) is 0 Å². The Morgan fingerprint density at radius 1 is 1.40 bits per heavy atom. The number of aryl methyl sites for hydroxylation is 1. The van der Waals surface area contributed by atoms with Gasteiger partial charge in [-0.1, -0.05) is 11.6 Å². The molecule has 0 saturated carbocycles. The number of urea groups is 1. The molecule has 0 heterocycles. The number of nitro groups is 1. The number of nitrogens with one attached hydrogen (secondary N) is 2. The first-order chi connectivity index (χ1) is 9.32. The van der Waals surface area contributed by atoms with E-state index in [0.29, 0.717) is 18.8 Å². The van der Waals surface area contributed by atoms with Gasteiger partial charge >= 0.3 is 6.03 Å². The zero-order chi connectivity index (χ0) is 15.3. The Labute approximate surface area is 122 Å². The number of amides is 2. The number of halogens is 1. The van der Waals surface area contributed by atoms with Crippen LogP contribution in [0.25, 0.3) is 0 Å². The van der Waals surface area contributed by atoms with E-state index in [1.54, 1.807) is 21.0 Å². The summed E-state index contributed by atoms with van der Waals surface area (Å²) >= 11 is 5.84. The molecular formula is C12H17ClN4O3. The molecule has 0 atom stereocenters. The zero-order valence-electron chi connectivity index (χ0n) is 11.6. The summed E-state index contributed by atoms with van der Waals surface area (Å²) < 4.78 is 0. The molecule has 0 fully saturated rings. The summed E-state index contributed by atoms with van der Waals surface area (Å²) in [6.07, 6.45) is 0. The maximum absolute atomic E-state index is 11.3. The average Bonchev–Trinajstić information content (AvgIpc) is 2.37. The van der Waals surface area contributed by atoms with Gasteiger partial charge < -0.3 is 15.5 Å². The van der Waals surface area contributed by atoms with Crippen molar-refractivity contribution in [1.82, 2.24) is 10.2 Å². The van der Waals surface area contributed by atoms with E-state index in [-0.39, 0.29) is 16.7 Å². The van der Waals surface area contributed by atoms with Crippen LogP contribution in [0.15, 0.2) is 12.1 Å². The summed E-state index contributed by atoms with van der Waals surface area (Å²) in [5.41, 5.74) is 1.32. The molecule has 1 rings (SSSR count). The van der Waals surface area contributed by atoms with Crippen LogP contribution in [0, 0.1) is 17.0 Å². The summed E-state index contributed by atoms with van der Waals surface area (Å²) in [5.74, 6) is 0. The highest BCUT2D eigenvalue weighted by atomic mass is 35.5. The third-order valence-electron chi connectivity index (χ3n) is 2.61. The molecule has 110 valence electrons. The van der Waals surface area contributed by atoms with Crippen molar-refractivity contribution in [3.05, 3.63) is 32.8 Å². The second-order valence-electron chi connectivity index (χ2n) is 4.43. The lowest BCUT2D eigenvalue weighted by Crippen LogP contribution is -2.37. The molecule has 0 aliphatic rings. The molecule has 0 saturated heterocycles. The number of rotatable bonds is 5. The number of carbonyl (C=O) groups excluding carboxylic acids is 1. The average molecular weight is 301 g/mol. The third kappa shape index (κ3) is 4.27. The largest absolute Gasteiger partial charge is 0.383 e. The fourth-order valence-corrected chi connectivity index (χ4v) is 1.75. The van der Waals surface area contributed by atoms with E-state index < -0.39 is 4.92 Å². The molecule has 0 aliphatic carbocycles. The monoisotopic (exact) mass is 300 g/mol. The number of nitro benzene ring substituents is 1. The van der Waals surface area contributed by atoms with Crippen molar-refractivity contribution in [2.75, 3.05) is 32.5 Å². The van der Waals surface area contributed by atoms with Gasteiger partial charge in [-0.2, -0.15) is 0 Å². The summed E-state index contributed by atoms with van der Waals surface area (Å²) in [4.78, 5) is 22.9. The van der Waals surface area contributed by atoms with Crippen LogP contribution in [-0.4, -0.2) is 43.0 Å². The van der Waals surface area contributed by atoms with Gasteiger partial charge in [0.05, 0.1) is 4.92 Å². The van der Waals surface area contributed by atoms with Crippen molar-refractivity contribution in [1.29, 1.82) is 0 Å². The highest BCUT2D eigenvalue weighted by molar-refractivity contribution is 6.33. The standard InChI is InChI=1S/C12H17ClN4O3/c1-8-6-11(17(19)20)9(13)7-10(8)14-4-5-15-12(18)16(2)3/h6-7,14H,4-5H2,1-3H3,(H,15,18). The lowest BCUT2D eigenvalue weighted by molar-refractivity contribution is -0.384. The minimum absolute atomic E-state index is 0.0837. The molecule has 2 N–H and O–H groups in total. The molecule has 0 aliphatic heterocycles. The molecule has 8 heteroatoms. The van der Waals surface area contributed by atoms with E-state index in [9.17, 15) is 14.9 Å². The van der Waals surface area contributed by atoms with Crippen LogP contribution < -0.4 is 10.6 Å². The van der Waals surface area contributed by atoms with Crippen LogP contribution in [0.4, 0.5) is 16.2 Å². The molecular weight excluding hydrogens is 284 g/mol. The fourth-order valence-electron chi connectivity index (χ4n) is 1.52. The van der Waals surface area contributed by atoms with Gasteiger partial charge in [0.25, 0.3) is 5.69 Å². The Hall–Kier alpha value is -2.02. The Bertz CT molecular complexity index is 520. The van der Waals surface area contributed by atoms with Gasteiger partial charge in [-0.15, -0.1) is 0 Å². The van der Waals surface area contributed by atoms with E-state index in [2.05, 4.69) is 10.6 Å². The zero-order valence-corrected chi connectivity index (χ0v) is 12.3. The number of hydrogen-bond donors (Lipinski definition) is 2. The smallest absolute Gasteiger partial charge is 0.316 e. The molecule has 0 bridgehead atoms. The minimum Gasteiger partial charge on any atom is -0.383 e. The highest BCUT2D eigenvalue weighted by Crippen LogP contribution is 2.30. The molecule has 2 amide bonds. The van der Waals surface area contributed by atoms with Crippen LogP contribution in [0.2, 0.25) is 5.02 Å². The van der Waals surface area contributed by atoms with Crippen molar-refractivity contribution < 1.29 is 9.72 Å². The van der Waals surface area contributed by atoms with Gasteiger partial charge in [-0.05, 0) is 18.6 Å².